The Labute approximate surface area is 439 Å². The number of allylic oxidation sites excluding steroid dienone is 3. The fourth-order valence-electron chi connectivity index (χ4n) is 12.7. The Morgan fingerprint density at radius 2 is 1.40 bits per heavy atom. The Hall–Kier alpha value is -5.91. The summed E-state index contributed by atoms with van der Waals surface area (Å²) in [6.07, 6.45) is 13.9. The van der Waals surface area contributed by atoms with Crippen LogP contribution in [0.2, 0.25) is 0 Å². The van der Waals surface area contributed by atoms with Crippen molar-refractivity contribution in [2.75, 3.05) is 105 Å². The number of aliphatic imine (C=N–C) groups is 1. The molecule has 6 heterocycles. The maximum absolute atomic E-state index is 15.2. The number of halogens is 1. The Balaban J connectivity index is 0.658. The third kappa shape index (κ3) is 12.7. The summed E-state index contributed by atoms with van der Waals surface area (Å²) >= 11 is 0. The maximum Gasteiger partial charge on any atom is 0.277 e. The van der Waals surface area contributed by atoms with E-state index in [9.17, 15) is 28.8 Å². The Morgan fingerprint density at radius 1 is 0.680 bits per heavy atom. The van der Waals surface area contributed by atoms with Gasteiger partial charge in [-0.15, -0.1) is 0 Å². The molecule has 1 N–H and O–H groups in total. The number of nitrogens with zero attached hydrogens (tertiary/aromatic N) is 8. The molecule has 7 aliphatic rings. The van der Waals surface area contributed by atoms with Gasteiger partial charge in [0.25, 0.3) is 17.4 Å². The molecule has 3 aromatic rings. The number of carbonyl (C=O) groups is 5. The number of hydrogen-bond donors (Lipinski definition) is 1. The van der Waals surface area contributed by atoms with E-state index in [0.717, 1.165) is 126 Å². The number of piperidine rings is 2. The molecule has 10 rings (SSSR count). The molecule has 2 aromatic carbocycles. The molecule has 5 amide bonds. The first kappa shape index (κ1) is 52.5. The summed E-state index contributed by atoms with van der Waals surface area (Å²) in [5, 5.41) is 8.09. The minimum absolute atomic E-state index is 0.0239. The van der Waals surface area contributed by atoms with Crippen molar-refractivity contribution in [2.45, 2.75) is 89.4 Å². The molecule has 400 valence electrons. The van der Waals surface area contributed by atoms with Crippen molar-refractivity contribution in [2.24, 2.45) is 28.7 Å². The van der Waals surface area contributed by atoms with E-state index in [2.05, 4.69) is 31.1 Å². The van der Waals surface area contributed by atoms with Gasteiger partial charge >= 0.3 is 0 Å². The van der Waals surface area contributed by atoms with E-state index in [-0.39, 0.29) is 59.3 Å². The molecule has 2 aliphatic carbocycles. The zero-order valence-corrected chi connectivity index (χ0v) is 43.5. The van der Waals surface area contributed by atoms with E-state index in [4.69, 9.17) is 4.74 Å². The highest BCUT2D eigenvalue weighted by Crippen LogP contribution is 2.33. The summed E-state index contributed by atoms with van der Waals surface area (Å²) in [6.45, 7) is 9.82. The van der Waals surface area contributed by atoms with Crippen LogP contribution in [0.3, 0.4) is 0 Å². The van der Waals surface area contributed by atoms with Gasteiger partial charge in [-0.3, -0.25) is 38.6 Å². The van der Waals surface area contributed by atoms with Gasteiger partial charge in [0.05, 0.1) is 23.5 Å². The van der Waals surface area contributed by atoms with Crippen molar-refractivity contribution in [1.29, 1.82) is 0 Å². The van der Waals surface area contributed by atoms with Gasteiger partial charge in [-0.1, -0.05) is 61.2 Å². The number of hydrogen-bond acceptors (Lipinski definition) is 10. The van der Waals surface area contributed by atoms with Crippen molar-refractivity contribution >= 4 is 46.0 Å². The molecule has 1 saturated carbocycles. The maximum atomic E-state index is 15.2. The van der Waals surface area contributed by atoms with Gasteiger partial charge in [0.2, 0.25) is 17.7 Å². The van der Waals surface area contributed by atoms with Crippen molar-refractivity contribution in [1.82, 2.24) is 39.6 Å². The van der Waals surface area contributed by atoms with Gasteiger partial charge < -0.3 is 24.3 Å². The standard InChI is InChI=1S/C58H74FN9O7/c59-50-16-15-41(35-51-47-13-4-5-14-48(47)55(71)62-61-51)34-49(50)57(73)66-30-28-65(29-31-66)52(69)39-63-22-17-40(18-23-63)37-64-24-26-67(27-25-64)58(74)53(42-8-2-1-3-9-42)60-54(70)45-11-6-10-44(36-45)46-12-7-21-68(38-46)56(72)43-19-32-75-33-20-43/h4-6,10-11,13-16,36,40,42-43,46,49H,1-3,7-9,12,17-35,37-39H2,(H,62,71). The Bertz CT molecular complexity index is 2720. The summed E-state index contributed by atoms with van der Waals surface area (Å²) in [4.78, 5) is 98.1. The lowest BCUT2D eigenvalue weighted by Gasteiger charge is -2.40. The molecule has 0 radical (unpaired) electrons. The van der Waals surface area contributed by atoms with E-state index in [1.54, 1.807) is 29.2 Å². The number of fused-ring (bicyclic) bond motifs is 1. The highest BCUT2D eigenvalue weighted by Gasteiger charge is 2.36. The minimum Gasteiger partial charge on any atom is -0.381 e. The van der Waals surface area contributed by atoms with Crippen LogP contribution >= 0.6 is 0 Å². The summed E-state index contributed by atoms with van der Waals surface area (Å²) in [5.74, 6) is -1.26. The second kappa shape index (κ2) is 24.4. The van der Waals surface area contributed by atoms with Crippen LogP contribution in [-0.4, -0.2) is 180 Å². The van der Waals surface area contributed by atoms with Crippen molar-refractivity contribution in [3.8, 4) is 0 Å². The van der Waals surface area contributed by atoms with Crippen molar-refractivity contribution < 1.29 is 33.1 Å². The minimum atomic E-state index is -0.928. The molecule has 16 nitrogen and oxygen atoms in total. The van der Waals surface area contributed by atoms with Crippen LogP contribution in [0, 0.1) is 23.7 Å². The van der Waals surface area contributed by atoms with Crippen LogP contribution in [0.1, 0.15) is 105 Å². The molecule has 75 heavy (non-hydrogen) atoms. The van der Waals surface area contributed by atoms with Crippen LogP contribution in [0.4, 0.5) is 4.39 Å². The van der Waals surface area contributed by atoms with E-state index in [1.165, 1.54) is 6.08 Å². The largest absolute Gasteiger partial charge is 0.381 e. The normalized spacial score (nSPS) is 23.5. The van der Waals surface area contributed by atoms with E-state index in [0.29, 0.717) is 100 Å². The van der Waals surface area contributed by atoms with Crippen LogP contribution < -0.4 is 5.56 Å². The SMILES string of the molecule is O=C(N=C(C(=O)N1CCN(CC2CCN(CC(=O)N3CCN(C(=O)C4CC(Cc5n[nH]c(=O)c6ccccc56)=CC=C4F)CC3)CC2)CC1)C1CCCCC1)c1cccc(C2CCCN(C(=O)C3CCOCC3)C2)c1. The fourth-order valence-corrected chi connectivity index (χ4v) is 12.7. The predicted octanol–water partition coefficient (Wildman–Crippen LogP) is 5.79. The molecule has 0 bridgehead atoms. The highest BCUT2D eigenvalue weighted by atomic mass is 19.1. The molecule has 1 aromatic heterocycles. The number of aromatic nitrogens is 2. The second-order valence-electron chi connectivity index (χ2n) is 22.1. The number of ether oxygens (including phenoxy) is 1. The zero-order valence-electron chi connectivity index (χ0n) is 43.5. The van der Waals surface area contributed by atoms with Gasteiger partial charge in [-0.05, 0) is 107 Å². The van der Waals surface area contributed by atoms with Gasteiger partial charge in [0, 0.05) is 120 Å². The number of amides is 5. The summed E-state index contributed by atoms with van der Waals surface area (Å²) < 4.78 is 20.7. The zero-order chi connectivity index (χ0) is 51.8. The summed E-state index contributed by atoms with van der Waals surface area (Å²) in [7, 11) is 0. The Kier molecular flexibility index (Phi) is 17.1. The number of likely N-dealkylation sites (tertiary alicyclic amines) is 2. The fraction of sp³-hybridized carbons (Fsp3) is 0.586. The molecule has 2 unspecified atom stereocenters. The number of piperazine rings is 2. The van der Waals surface area contributed by atoms with Crippen LogP contribution in [0.15, 0.2) is 81.9 Å². The van der Waals surface area contributed by atoms with Crippen molar-refractivity contribution in [3.05, 3.63) is 99.3 Å². The molecule has 5 saturated heterocycles. The van der Waals surface area contributed by atoms with Gasteiger partial charge in [-0.2, -0.15) is 5.10 Å². The average molecular weight is 1030 g/mol. The number of carbonyl (C=O) groups excluding carboxylic acids is 5. The molecule has 5 aliphatic heterocycles. The average Bonchev–Trinajstić information content (AvgIpc) is 3.46. The summed E-state index contributed by atoms with van der Waals surface area (Å²) in [5.41, 5.74) is 3.20. The number of rotatable bonds is 12. The third-order valence-corrected chi connectivity index (χ3v) is 17.3. The van der Waals surface area contributed by atoms with Crippen molar-refractivity contribution in [3.63, 3.8) is 0 Å². The molecule has 6 fully saturated rings. The topological polar surface area (TPSA) is 172 Å². The van der Waals surface area contributed by atoms with Gasteiger partial charge in [-0.25, -0.2) is 14.5 Å². The van der Waals surface area contributed by atoms with Gasteiger partial charge in [0.15, 0.2) is 0 Å². The number of benzene rings is 2. The first-order chi connectivity index (χ1) is 36.5. The second-order valence-corrected chi connectivity index (χ2v) is 22.1. The summed E-state index contributed by atoms with van der Waals surface area (Å²) in [6, 6.07) is 14.9. The lowest BCUT2D eigenvalue weighted by Crippen LogP contribution is -2.54. The van der Waals surface area contributed by atoms with E-state index in [1.807, 2.05) is 39.0 Å². The van der Waals surface area contributed by atoms with E-state index >= 15 is 4.39 Å². The molecule has 0 spiro atoms. The predicted molar refractivity (Wildman–Crippen MR) is 284 cm³/mol. The van der Waals surface area contributed by atoms with Crippen LogP contribution in [0.25, 0.3) is 10.8 Å². The quantitative estimate of drug-likeness (QED) is 0.219. The third-order valence-electron chi connectivity index (χ3n) is 17.3. The number of aromatic amines is 1. The first-order valence-electron chi connectivity index (χ1n) is 28.0. The Morgan fingerprint density at radius 3 is 2.16 bits per heavy atom. The molecular weight excluding hydrogens is 954 g/mol. The lowest BCUT2D eigenvalue weighted by molar-refractivity contribution is -0.142. The lowest BCUT2D eigenvalue weighted by atomic mass is 9.85. The first-order valence-corrected chi connectivity index (χ1v) is 28.0. The number of nitrogens with one attached hydrogen (secondary N) is 1. The molecule has 17 heteroatoms. The van der Waals surface area contributed by atoms with Crippen LogP contribution in [-0.2, 0) is 30.3 Å². The smallest absolute Gasteiger partial charge is 0.277 e. The van der Waals surface area contributed by atoms with Crippen LogP contribution in [0.5, 0.6) is 0 Å². The molecule has 2 atom stereocenters. The monoisotopic (exact) mass is 1030 g/mol. The van der Waals surface area contributed by atoms with Gasteiger partial charge in [0.1, 0.15) is 11.5 Å². The molecular formula is C58H74FN9O7. The number of H-pyrrole nitrogens is 1. The highest BCUT2D eigenvalue weighted by molar-refractivity contribution is 6.41. The van der Waals surface area contributed by atoms with E-state index < -0.39 is 11.7 Å².